The molecule has 2 amide bonds. The monoisotopic (exact) mass is 903 g/mol. The maximum absolute atomic E-state index is 14.6. The van der Waals surface area contributed by atoms with Crippen LogP contribution >= 0.6 is 0 Å². The molecule has 14 atom stereocenters. The van der Waals surface area contributed by atoms with E-state index in [1.165, 1.54) is 0 Å². The van der Waals surface area contributed by atoms with Crippen molar-refractivity contribution in [2.45, 2.75) is 135 Å². The second kappa shape index (κ2) is 20.2. The molecule has 0 aromatic heterocycles. The number of rotatable bonds is 9. The smallest absolute Gasteiger partial charge is 0.410 e. The first-order chi connectivity index (χ1) is 30.9. The number of anilines is 1. The predicted octanol–water partition coefficient (Wildman–Crippen LogP) is 5.95. The Morgan fingerprint density at radius 2 is 1.71 bits per heavy atom. The number of nitrogens with one attached hydrogen (secondary N) is 1. The Bertz CT molecular complexity index is 2050. The van der Waals surface area contributed by atoms with Gasteiger partial charge in [0, 0.05) is 35.8 Å². The summed E-state index contributed by atoms with van der Waals surface area (Å²) in [6.45, 7) is 15.7. The molecule has 4 fully saturated rings. The standard InChI is InChI=1S/C49H69N5O11/c1-11-38-49(8)43-30(4)40(50-21-22-54(43)47(58)65-49)28(2)24-48(7)44(64-46-41(56)37(53(9)10)23-29(3)62-46)31(5)42(32(6)45(57)63-38)59-25-36(26-60-48)52-61-27-39(55)51-35-19-17-34(18-20-35)33-15-13-12-14-16-33/h12-20,28-32,37-38,41-44,46,56H,11,21-27H2,1-10H3,(H,51,55)/t28-,29+,30+,31+,32+,37-,38-,41+,42+,43-,44-,46-,48-,49-/m1/s1. The Morgan fingerprint density at radius 3 is 2.40 bits per heavy atom. The number of fused-ring (bicyclic) bond motifs is 4. The van der Waals surface area contributed by atoms with Crippen LogP contribution in [0.4, 0.5) is 10.5 Å². The minimum absolute atomic E-state index is 0.0779. The molecule has 0 unspecified atom stereocenters. The fourth-order valence-electron chi connectivity index (χ4n) is 11.0. The first-order valence-corrected chi connectivity index (χ1v) is 23.2. The van der Waals surface area contributed by atoms with Gasteiger partial charge >= 0.3 is 12.1 Å². The molecule has 2 aromatic carbocycles. The Morgan fingerprint density at radius 1 is 1.00 bits per heavy atom. The van der Waals surface area contributed by atoms with Crippen molar-refractivity contribution >= 4 is 35.1 Å². The summed E-state index contributed by atoms with van der Waals surface area (Å²) < 4.78 is 39.8. The van der Waals surface area contributed by atoms with Crippen molar-refractivity contribution < 1.29 is 52.7 Å². The van der Waals surface area contributed by atoms with Gasteiger partial charge < -0.3 is 48.6 Å². The first kappa shape index (κ1) is 48.5. The fraction of sp³-hybridized carbons (Fsp3) is 0.653. The number of carbonyl (C=O) groups is 3. The summed E-state index contributed by atoms with van der Waals surface area (Å²) in [7, 11) is 3.84. The highest BCUT2D eigenvalue weighted by Crippen LogP contribution is 2.45. The van der Waals surface area contributed by atoms with E-state index in [2.05, 4.69) is 24.3 Å². The van der Waals surface area contributed by atoms with Gasteiger partial charge in [-0.05, 0) is 90.2 Å². The summed E-state index contributed by atoms with van der Waals surface area (Å²) in [5.74, 6) is -2.89. The molecule has 0 radical (unpaired) electrons. The van der Waals surface area contributed by atoms with Gasteiger partial charge in [-0.3, -0.25) is 19.5 Å². The number of oxime groups is 1. The zero-order valence-corrected chi connectivity index (χ0v) is 39.6. The number of aliphatic hydroxyl groups excluding tert-OH is 1. The average molecular weight is 904 g/mol. The van der Waals surface area contributed by atoms with E-state index >= 15 is 0 Å². The molecule has 2 aromatic rings. The van der Waals surface area contributed by atoms with Crippen molar-refractivity contribution in [3.05, 3.63) is 54.6 Å². The van der Waals surface area contributed by atoms with Crippen LogP contribution in [0.1, 0.15) is 74.7 Å². The number of benzene rings is 2. The van der Waals surface area contributed by atoms with Gasteiger partial charge in [-0.15, -0.1) is 0 Å². The van der Waals surface area contributed by atoms with Crippen molar-refractivity contribution in [3.8, 4) is 11.1 Å². The third-order valence-corrected chi connectivity index (χ3v) is 14.2. The topological polar surface area (TPSA) is 179 Å². The molecule has 4 bridgehead atoms. The quantitative estimate of drug-likeness (QED) is 0.224. The van der Waals surface area contributed by atoms with Gasteiger partial charge in [0.2, 0.25) is 0 Å². The van der Waals surface area contributed by atoms with Crippen LogP contribution < -0.4 is 5.32 Å². The van der Waals surface area contributed by atoms with Crippen LogP contribution in [0, 0.1) is 23.7 Å². The third kappa shape index (κ3) is 10.3. The van der Waals surface area contributed by atoms with Crippen LogP contribution in [0.3, 0.4) is 0 Å². The number of hydrogen-bond acceptors (Lipinski definition) is 14. The Balaban J connectivity index is 1.22. The molecule has 5 aliphatic heterocycles. The molecule has 7 rings (SSSR count). The zero-order chi connectivity index (χ0) is 46.8. The van der Waals surface area contributed by atoms with Crippen LogP contribution in [0.25, 0.3) is 11.1 Å². The number of amides is 2. The summed E-state index contributed by atoms with van der Waals surface area (Å²) >= 11 is 0. The van der Waals surface area contributed by atoms with Crippen LogP contribution in [0.15, 0.2) is 64.7 Å². The maximum Gasteiger partial charge on any atom is 0.410 e. The number of nitrogens with zero attached hydrogens (tertiary/aromatic N) is 4. The molecular formula is C49H69N5O11. The van der Waals surface area contributed by atoms with Crippen molar-refractivity contribution in [1.82, 2.24) is 9.80 Å². The number of aliphatic hydroxyl groups is 1. The van der Waals surface area contributed by atoms with Crippen LogP contribution in [-0.2, 0) is 42.8 Å². The highest BCUT2D eigenvalue weighted by Gasteiger charge is 2.60. The number of ether oxygens (including phenoxy) is 6. The molecule has 65 heavy (non-hydrogen) atoms. The van der Waals surface area contributed by atoms with Crippen molar-refractivity contribution in [3.63, 3.8) is 0 Å². The molecule has 0 saturated carbocycles. The number of esters is 1. The number of cyclic esters (lactones) is 1. The van der Waals surface area contributed by atoms with Gasteiger partial charge in [-0.25, -0.2) is 4.79 Å². The first-order valence-electron chi connectivity index (χ1n) is 23.2. The van der Waals surface area contributed by atoms with Gasteiger partial charge in [-0.2, -0.15) is 0 Å². The van der Waals surface area contributed by atoms with Crippen molar-refractivity contribution in [1.29, 1.82) is 0 Å². The Kier molecular flexibility index (Phi) is 15.1. The summed E-state index contributed by atoms with van der Waals surface area (Å²) in [5, 5.41) is 19.1. The minimum Gasteiger partial charge on any atom is -0.458 e. The summed E-state index contributed by atoms with van der Waals surface area (Å²) in [4.78, 5) is 55.8. The molecule has 2 N–H and O–H groups in total. The largest absolute Gasteiger partial charge is 0.458 e. The van der Waals surface area contributed by atoms with E-state index in [0.717, 1.165) is 16.8 Å². The molecule has 0 aliphatic carbocycles. The van der Waals surface area contributed by atoms with Crippen LogP contribution in [0.2, 0.25) is 0 Å². The van der Waals surface area contributed by atoms with Gasteiger partial charge in [-0.1, -0.05) is 75.3 Å². The van der Waals surface area contributed by atoms with Gasteiger partial charge in [0.05, 0.1) is 55.6 Å². The predicted molar refractivity (Wildman–Crippen MR) is 244 cm³/mol. The van der Waals surface area contributed by atoms with Crippen LogP contribution in [-0.4, -0.2) is 151 Å². The van der Waals surface area contributed by atoms with E-state index in [-0.39, 0.29) is 43.8 Å². The lowest BCUT2D eigenvalue weighted by molar-refractivity contribution is -0.302. The van der Waals surface area contributed by atoms with E-state index in [4.69, 9.17) is 38.3 Å². The van der Waals surface area contributed by atoms with E-state index in [1.54, 1.807) is 11.8 Å². The zero-order valence-electron chi connectivity index (χ0n) is 39.6. The van der Waals surface area contributed by atoms with Gasteiger partial charge in [0.1, 0.15) is 17.9 Å². The van der Waals surface area contributed by atoms with Gasteiger partial charge in [0.15, 0.2) is 18.5 Å². The molecule has 16 nitrogen and oxygen atoms in total. The highest BCUT2D eigenvalue weighted by molar-refractivity contribution is 5.92. The van der Waals surface area contributed by atoms with Gasteiger partial charge in [0.25, 0.3) is 5.91 Å². The lowest BCUT2D eigenvalue weighted by atomic mass is 9.72. The minimum atomic E-state index is -1.17. The van der Waals surface area contributed by atoms with Crippen LogP contribution in [0.5, 0.6) is 0 Å². The molecule has 16 heteroatoms. The number of likely N-dealkylation sites (N-methyl/N-ethyl adjacent to an activating group) is 1. The Labute approximate surface area is 383 Å². The third-order valence-electron chi connectivity index (χ3n) is 14.2. The van der Waals surface area contributed by atoms with Crippen molar-refractivity contribution in [2.75, 3.05) is 52.3 Å². The second-order valence-corrected chi connectivity index (χ2v) is 19.3. The highest BCUT2D eigenvalue weighted by atomic mass is 16.7. The number of hydrogen-bond donors (Lipinski definition) is 2. The molecular weight excluding hydrogens is 835 g/mol. The maximum atomic E-state index is 14.6. The number of aliphatic imine (C=N–C) groups is 1. The molecule has 356 valence electrons. The van der Waals surface area contributed by atoms with Crippen molar-refractivity contribution in [2.24, 2.45) is 33.8 Å². The summed E-state index contributed by atoms with van der Waals surface area (Å²) in [6, 6.07) is 16.8. The molecule has 4 saturated heterocycles. The second-order valence-electron chi connectivity index (χ2n) is 19.3. The van der Waals surface area contributed by atoms with E-state index in [9.17, 15) is 19.5 Å². The number of carbonyl (C=O) groups excluding carboxylic acids is 3. The van der Waals surface area contributed by atoms with E-state index in [0.29, 0.717) is 43.8 Å². The molecule has 0 spiro atoms. The summed E-state index contributed by atoms with van der Waals surface area (Å²) in [6.07, 6.45) is -3.82. The lowest BCUT2D eigenvalue weighted by Gasteiger charge is -2.48. The lowest BCUT2D eigenvalue weighted by Crippen LogP contribution is -2.60. The molecule has 5 heterocycles. The fourth-order valence-corrected chi connectivity index (χ4v) is 11.0. The molecule has 5 aliphatic rings. The van der Waals surface area contributed by atoms with E-state index < -0.39 is 77.8 Å². The SMILES string of the molecule is CC[C@H]1OC(=O)[C@@H](C)[C@H]2OCC(=NOCC(=O)Nc3ccc(-c4ccccc4)cc3)CO[C@](C)(C[C@@H](C)C3=NCCN4C(=O)O[C@@]1(C)[C@H]4[C@H]3C)[C@H](O[C@H]1O[C@@H](C)C[C@@H](N(C)C)[C@@H]1O)[C@H]2C. The Hall–Kier alpha value is -4.45. The normalized spacial score (nSPS) is 37.5. The summed E-state index contributed by atoms with van der Waals surface area (Å²) in [5.41, 5.74) is 1.60. The van der Waals surface area contributed by atoms with E-state index in [1.807, 2.05) is 108 Å². The average Bonchev–Trinajstić information content (AvgIpc) is 3.42.